The molecular formula is C35H22N2O3. The predicted octanol–water partition coefficient (Wildman–Crippen LogP) is 7.91. The van der Waals surface area contributed by atoms with E-state index < -0.39 is 11.9 Å². The second-order valence-corrected chi connectivity index (χ2v) is 9.27. The zero-order chi connectivity index (χ0) is 27.5. The number of fused-ring (bicyclic) bond motifs is 3. The number of amides is 1. The van der Waals surface area contributed by atoms with Crippen molar-refractivity contribution in [2.45, 2.75) is 0 Å². The summed E-state index contributed by atoms with van der Waals surface area (Å²) in [5, 5.41) is 18.0. The van der Waals surface area contributed by atoms with Gasteiger partial charge in [0.1, 0.15) is 17.4 Å². The standard InChI is InChI=1S/C35H22N2O3/c36-22-26(34(38)37-32-18-8-13-24-10-3-6-16-29(24)32)21-31-28-15-5-2-11-25(28)19-20-33(31)40-35(39)30-17-7-12-23-9-1-4-14-27(23)30/h1-21H,(H,37,38)/b26-21+. The Morgan fingerprint density at radius 3 is 1.95 bits per heavy atom. The summed E-state index contributed by atoms with van der Waals surface area (Å²) in [6.07, 6.45) is 1.48. The Labute approximate surface area is 230 Å². The van der Waals surface area contributed by atoms with Crippen LogP contribution in [0, 0.1) is 11.3 Å². The molecule has 0 radical (unpaired) electrons. The second-order valence-electron chi connectivity index (χ2n) is 9.27. The summed E-state index contributed by atoms with van der Waals surface area (Å²) in [6, 6.07) is 39.5. The van der Waals surface area contributed by atoms with E-state index in [1.165, 1.54) is 6.08 Å². The van der Waals surface area contributed by atoms with E-state index in [4.69, 9.17) is 4.74 Å². The van der Waals surface area contributed by atoms with E-state index >= 15 is 0 Å². The smallest absolute Gasteiger partial charge is 0.344 e. The third-order valence-electron chi connectivity index (χ3n) is 6.83. The molecule has 0 fully saturated rings. The minimum Gasteiger partial charge on any atom is -0.422 e. The summed E-state index contributed by atoms with van der Waals surface area (Å²) < 4.78 is 5.92. The Morgan fingerprint density at radius 1 is 0.650 bits per heavy atom. The van der Waals surface area contributed by atoms with Gasteiger partial charge >= 0.3 is 5.97 Å². The van der Waals surface area contributed by atoms with E-state index in [-0.39, 0.29) is 11.3 Å². The molecule has 0 aromatic heterocycles. The summed E-state index contributed by atoms with van der Waals surface area (Å²) in [4.78, 5) is 26.7. The maximum absolute atomic E-state index is 13.4. The number of esters is 1. The Hall–Kier alpha value is -5.73. The van der Waals surface area contributed by atoms with Gasteiger partial charge in [0.2, 0.25) is 0 Å². The maximum Gasteiger partial charge on any atom is 0.344 e. The van der Waals surface area contributed by atoms with Crippen molar-refractivity contribution in [2.75, 3.05) is 5.32 Å². The van der Waals surface area contributed by atoms with E-state index in [9.17, 15) is 14.9 Å². The molecule has 0 aliphatic heterocycles. The van der Waals surface area contributed by atoms with Crippen LogP contribution in [-0.4, -0.2) is 11.9 Å². The summed E-state index contributed by atoms with van der Waals surface area (Å²) >= 11 is 0. The van der Waals surface area contributed by atoms with Crippen LogP contribution in [0.5, 0.6) is 5.75 Å². The monoisotopic (exact) mass is 518 g/mol. The van der Waals surface area contributed by atoms with Crippen LogP contribution in [-0.2, 0) is 4.79 Å². The summed E-state index contributed by atoms with van der Waals surface area (Å²) in [5.74, 6) is -0.832. The van der Waals surface area contributed by atoms with Gasteiger partial charge in [0.25, 0.3) is 5.91 Å². The summed E-state index contributed by atoms with van der Waals surface area (Å²) in [7, 11) is 0. The molecule has 6 aromatic carbocycles. The van der Waals surface area contributed by atoms with E-state index in [2.05, 4.69) is 5.32 Å². The minimum absolute atomic E-state index is 0.119. The number of nitrogens with one attached hydrogen (secondary N) is 1. The van der Waals surface area contributed by atoms with Crippen molar-refractivity contribution in [3.05, 3.63) is 138 Å². The van der Waals surface area contributed by atoms with Crippen LogP contribution in [0.25, 0.3) is 38.4 Å². The fourth-order valence-corrected chi connectivity index (χ4v) is 4.89. The number of anilines is 1. The molecule has 0 aliphatic rings. The molecule has 5 heteroatoms. The summed E-state index contributed by atoms with van der Waals surface area (Å²) in [6.45, 7) is 0. The molecular weight excluding hydrogens is 496 g/mol. The van der Waals surface area contributed by atoms with Crippen molar-refractivity contribution in [1.29, 1.82) is 5.26 Å². The highest BCUT2D eigenvalue weighted by Crippen LogP contribution is 2.32. The lowest BCUT2D eigenvalue weighted by Crippen LogP contribution is -2.14. The van der Waals surface area contributed by atoms with Gasteiger partial charge in [-0.05, 0) is 51.2 Å². The molecule has 40 heavy (non-hydrogen) atoms. The first kappa shape index (κ1) is 24.6. The number of benzene rings is 6. The lowest BCUT2D eigenvalue weighted by Gasteiger charge is -2.13. The Balaban J connectivity index is 1.40. The molecule has 1 amide bonds. The van der Waals surface area contributed by atoms with Crippen LogP contribution in [0.3, 0.4) is 0 Å². The lowest BCUT2D eigenvalue weighted by molar-refractivity contribution is -0.112. The summed E-state index contributed by atoms with van der Waals surface area (Å²) in [5.41, 5.74) is 1.38. The minimum atomic E-state index is -0.557. The molecule has 0 unspecified atom stereocenters. The molecule has 0 aliphatic carbocycles. The molecule has 0 spiro atoms. The highest BCUT2D eigenvalue weighted by Gasteiger charge is 2.18. The Bertz CT molecular complexity index is 2010. The van der Waals surface area contributed by atoms with Gasteiger partial charge in [0.05, 0.1) is 5.56 Å². The number of hydrogen-bond acceptors (Lipinski definition) is 4. The molecule has 0 saturated carbocycles. The lowest BCUT2D eigenvalue weighted by atomic mass is 10.0. The van der Waals surface area contributed by atoms with Crippen molar-refractivity contribution in [2.24, 2.45) is 0 Å². The van der Waals surface area contributed by atoms with E-state index in [0.29, 0.717) is 16.8 Å². The molecule has 1 N–H and O–H groups in total. The van der Waals surface area contributed by atoms with Crippen LogP contribution in [0.15, 0.2) is 127 Å². The highest BCUT2D eigenvalue weighted by molar-refractivity contribution is 6.14. The fraction of sp³-hybridized carbons (Fsp3) is 0. The number of rotatable bonds is 5. The molecule has 0 saturated heterocycles. The van der Waals surface area contributed by atoms with Crippen molar-refractivity contribution < 1.29 is 14.3 Å². The first-order valence-corrected chi connectivity index (χ1v) is 12.7. The van der Waals surface area contributed by atoms with Crippen molar-refractivity contribution in [3.8, 4) is 11.8 Å². The Kier molecular flexibility index (Phi) is 6.50. The molecule has 6 aromatic rings. The molecule has 190 valence electrons. The normalized spacial score (nSPS) is 11.3. The first-order valence-electron chi connectivity index (χ1n) is 12.7. The van der Waals surface area contributed by atoms with Crippen molar-refractivity contribution in [1.82, 2.24) is 0 Å². The fourth-order valence-electron chi connectivity index (χ4n) is 4.89. The van der Waals surface area contributed by atoms with Gasteiger partial charge in [-0.15, -0.1) is 0 Å². The van der Waals surface area contributed by atoms with E-state index in [1.807, 2.05) is 109 Å². The SMILES string of the molecule is N#C/C(=C\c1c(OC(=O)c2cccc3ccccc23)ccc2ccccc12)C(=O)Nc1cccc2ccccc12. The number of carbonyl (C=O) groups excluding carboxylic acids is 2. The van der Waals surface area contributed by atoms with Gasteiger partial charge in [0, 0.05) is 16.6 Å². The zero-order valence-electron chi connectivity index (χ0n) is 21.3. The number of hydrogen-bond donors (Lipinski definition) is 1. The Morgan fingerprint density at radius 2 is 1.23 bits per heavy atom. The molecule has 0 bridgehead atoms. The van der Waals surface area contributed by atoms with Crippen LogP contribution in [0.2, 0.25) is 0 Å². The average molecular weight is 519 g/mol. The first-order chi connectivity index (χ1) is 19.6. The van der Waals surface area contributed by atoms with Gasteiger partial charge in [-0.1, -0.05) is 103 Å². The van der Waals surface area contributed by atoms with Crippen LogP contribution >= 0.6 is 0 Å². The van der Waals surface area contributed by atoms with Crippen LogP contribution in [0.4, 0.5) is 5.69 Å². The number of carbonyl (C=O) groups is 2. The van der Waals surface area contributed by atoms with Crippen molar-refractivity contribution >= 4 is 56.0 Å². The van der Waals surface area contributed by atoms with Crippen LogP contribution in [0.1, 0.15) is 15.9 Å². The van der Waals surface area contributed by atoms with Gasteiger partial charge in [0.15, 0.2) is 0 Å². The molecule has 6 rings (SSSR count). The third kappa shape index (κ3) is 4.66. The topological polar surface area (TPSA) is 79.2 Å². The van der Waals surface area contributed by atoms with Gasteiger partial charge in [-0.3, -0.25) is 4.79 Å². The quantitative estimate of drug-likeness (QED) is 0.109. The molecule has 5 nitrogen and oxygen atoms in total. The van der Waals surface area contributed by atoms with Crippen molar-refractivity contribution in [3.63, 3.8) is 0 Å². The van der Waals surface area contributed by atoms with E-state index in [1.54, 1.807) is 18.2 Å². The maximum atomic E-state index is 13.4. The highest BCUT2D eigenvalue weighted by atomic mass is 16.5. The number of nitriles is 1. The molecule has 0 atom stereocenters. The van der Waals surface area contributed by atoms with Crippen LogP contribution < -0.4 is 10.1 Å². The van der Waals surface area contributed by atoms with Gasteiger partial charge < -0.3 is 10.1 Å². The zero-order valence-corrected chi connectivity index (χ0v) is 21.3. The molecule has 0 heterocycles. The average Bonchev–Trinajstić information content (AvgIpc) is 3.00. The number of nitrogens with zero attached hydrogens (tertiary/aromatic N) is 1. The largest absolute Gasteiger partial charge is 0.422 e. The number of ether oxygens (including phenoxy) is 1. The second kappa shape index (κ2) is 10.6. The van der Waals surface area contributed by atoms with Gasteiger partial charge in [-0.2, -0.15) is 5.26 Å². The van der Waals surface area contributed by atoms with Gasteiger partial charge in [-0.25, -0.2) is 4.79 Å². The third-order valence-corrected chi connectivity index (χ3v) is 6.83. The van der Waals surface area contributed by atoms with E-state index in [0.717, 1.165) is 32.3 Å². The predicted molar refractivity (Wildman–Crippen MR) is 159 cm³/mol.